The first-order valence-corrected chi connectivity index (χ1v) is 7.57. The van der Waals surface area contributed by atoms with Crippen LogP contribution in [0.15, 0.2) is 23.1 Å². The molecule has 0 radical (unpaired) electrons. The monoisotopic (exact) mass is 285 g/mol. The van der Waals surface area contributed by atoms with Crippen LogP contribution in [0, 0.1) is 5.41 Å². The predicted molar refractivity (Wildman–Crippen MR) is 75.4 cm³/mol. The van der Waals surface area contributed by atoms with Gasteiger partial charge in [-0.1, -0.05) is 6.07 Å². The number of amides is 1. The van der Waals surface area contributed by atoms with E-state index in [0.29, 0.717) is 5.69 Å². The van der Waals surface area contributed by atoms with E-state index in [1.54, 1.807) is 26.0 Å². The van der Waals surface area contributed by atoms with Crippen molar-refractivity contribution in [1.29, 1.82) is 0 Å². The Hall–Kier alpha value is -1.76. The van der Waals surface area contributed by atoms with Gasteiger partial charge in [0.25, 0.3) is 0 Å². The molecule has 0 spiro atoms. The van der Waals surface area contributed by atoms with Crippen molar-refractivity contribution in [2.24, 2.45) is 11.1 Å². The summed E-state index contributed by atoms with van der Waals surface area (Å²) in [5, 5.41) is 2.96. The molecule has 0 fully saturated rings. The van der Waals surface area contributed by atoms with Crippen LogP contribution < -0.4 is 16.8 Å². The lowest BCUT2D eigenvalue weighted by Crippen LogP contribution is -2.37. The van der Waals surface area contributed by atoms with E-state index < -0.39 is 21.2 Å². The summed E-state index contributed by atoms with van der Waals surface area (Å²) in [5.41, 5.74) is 10.9. The van der Waals surface area contributed by atoms with Gasteiger partial charge in [0, 0.05) is 12.8 Å². The molecule has 0 saturated heterocycles. The van der Waals surface area contributed by atoms with Gasteiger partial charge in [-0.05, 0) is 26.0 Å². The summed E-state index contributed by atoms with van der Waals surface area (Å²) in [7, 11) is -3.38. The van der Waals surface area contributed by atoms with Crippen molar-refractivity contribution < 1.29 is 13.2 Å². The highest BCUT2D eigenvalue weighted by Gasteiger charge is 2.25. The van der Waals surface area contributed by atoms with E-state index in [4.69, 9.17) is 11.5 Å². The van der Waals surface area contributed by atoms with Crippen LogP contribution in [0.4, 0.5) is 11.4 Å². The Morgan fingerprint density at radius 3 is 2.42 bits per heavy atom. The first-order chi connectivity index (χ1) is 8.55. The summed E-state index contributed by atoms with van der Waals surface area (Å²) in [6, 6.07) is 4.68. The Morgan fingerprint density at radius 1 is 1.37 bits per heavy atom. The molecule has 0 saturated carbocycles. The zero-order valence-corrected chi connectivity index (χ0v) is 12.0. The predicted octanol–water partition coefficient (Wildman–Crippen LogP) is 0.596. The molecule has 1 aromatic carbocycles. The number of nitrogens with one attached hydrogen (secondary N) is 1. The van der Waals surface area contributed by atoms with Crippen LogP contribution >= 0.6 is 0 Å². The molecule has 0 aliphatic carbocycles. The zero-order valence-electron chi connectivity index (χ0n) is 11.2. The van der Waals surface area contributed by atoms with Crippen LogP contribution in [-0.4, -0.2) is 27.1 Å². The third kappa shape index (κ3) is 3.60. The van der Waals surface area contributed by atoms with E-state index in [0.717, 1.165) is 6.26 Å². The van der Waals surface area contributed by atoms with Gasteiger partial charge in [-0.25, -0.2) is 8.42 Å². The first kappa shape index (κ1) is 15.3. The number of nitrogens with two attached hydrogens (primary N) is 2. The Kier molecular flexibility index (Phi) is 4.09. The second-order valence-electron chi connectivity index (χ2n) is 5.09. The lowest BCUT2D eigenvalue weighted by Gasteiger charge is -2.22. The Balaban J connectivity index is 3.02. The molecule has 106 valence electrons. The molecule has 1 rings (SSSR count). The second kappa shape index (κ2) is 5.08. The highest BCUT2D eigenvalue weighted by Crippen LogP contribution is 2.27. The minimum Gasteiger partial charge on any atom is -0.396 e. The number of sulfone groups is 1. The average molecular weight is 285 g/mol. The fraction of sp³-hybridized carbons (Fsp3) is 0.417. The maximum atomic E-state index is 11.5. The molecule has 19 heavy (non-hydrogen) atoms. The number of anilines is 2. The van der Waals surface area contributed by atoms with Crippen molar-refractivity contribution in [1.82, 2.24) is 0 Å². The maximum absolute atomic E-state index is 11.5. The number of benzene rings is 1. The van der Waals surface area contributed by atoms with Crippen LogP contribution in [0.25, 0.3) is 0 Å². The van der Waals surface area contributed by atoms with E-state index in [9.17, 15) is 13.2 Å². The highest BCUT2D eigenvalue weighted by molar-refractivity contribution is 7.90. The number of primary amides is 1. The lowest BCUT2D eigenvalue weighted by molar-refractivity contribution is -0.125. The Morgan fingerprint density at radius 2 is 1.95 bits per heavy atom. The van der Waals surface area contributed by atoms with Gasteiger partial charge in [-0.2, -0.15) is 0 Å². The van der Waals surface area contributed by atoms with Crippen molar-refractivity contribution in [3.05, 3.63) is 18.2 Å². The molecule has 6 nitrogen and oxygen atoms in total. The topological polar surface area (TPSA) is 115 Å². The number of rotatable bonds is 5. The number of nitrogen functional groups attached to an aromatic ring is 1. The molecule has 0 bridgehead atoms. The van der Waals surface area contributed by atoms with E-state index in [-0.39, 0.29) is 17.1 Å². The summed E-state index contributed by atoms with van der Waals surface area (Å²) in [4.78, 5) is 11.3. The van der Waals surface area contributed by atoms with E-state index in [2.05, 4.69) is 5.32 Å². The first-order valence-electron chi connectivity index (χ1n) is 5.68. The third-order valence-corrected chi connectivity index (χ3v) is 4.01. The Bertz CT molecular complexity index is 594. The fourth-order valence-corrected chi connectivity index (χ4v) is 2.26. The molecule has 0 aliphatic heterocycles. The summed E-state index contributed by atoms with van der Waals surface area (Å²) < 4.78 is 23.1. The van der Waals surface area contributed by atoms with Crippen molar-refractivity contribution in [3.8, 4) is 0 Å². The van der Waals surface area contributed by atoms with Crippen molar-refractivity contribution in [2.45, 2.75) is 18.7 Å². The Labute approximate surface area is 113 Å². The number of para-hydroxylation sites is 1. The van der Waals surface area contributed by atoms with Crippen molar-refractivity contribution in [2.75, 3.05) is 23.9 Å². The van der Waals surface area contributed by atoms with E-state index in [1.165, 1.54) is 6.07 Å². The molecule has 0 aliphatic rings. The van der Waals surface area contributed by atoms with Gasteiger partial charge >= 0.3 is 0 Å². The van der Waals surface area contributed by atoms with E-state index >= 15 is 0 Å². The molecule has 1 amide bonds. The summed E-state index contributed by atoms with van der Waals surface area (Å²) in [6.45, 7) is 3.65. The number of carbonyl (C=O) groups excluding carboxylic acids is 1. The summed E-state index contributed by atoms with van der Waals surface area (Å²) in [5.74, 6) is -0.446. The third-order valence-electron chi connectivity index (χ3n) is 2.85. The SMILES string of the molecule is CC(C)(CNc1cccc(S(C)(=O)=O)c1N)C(N)=O. The molecular weight excluding hydrogens is 266 g/mol. The minimum atomic E-state index is -3.38. The van der Waals surface area contributed by atoms with Gasteiger partial charge in [0.15, 0.2) is 9.84 Å². The quantitative estimate of drug-likeness (QED) is 0.685. The normalized spacial score (nSPS) is 12.2. The zero-order chi connectivity index (χ0) is 14.8. The van der Waals surface area contributed by atoms with Crippen LogP contribution in [0.2, 0.25) is 0 Å². The number of carbonyl (C=O) groups is 1. The lowest BCUT2D eigenvalue weighted by atomic mass is 9.92. The van der Waals surface area contributed by atoms with E-state index in [1.807, 2.05) is 0 Å². The van der Waals surface area contributed by atoms with Crippen molar-refractivity contribution >= 4 is 27.1 Å². The van der Waals surface area contributed by atoms with Gasteiger partial charge < -0.3 is 16.8 Å². The van der Waals surface area contributed by atoms with Crippen LogP contribution in [-0.2, 0) is 14.6 Å². The van der Waals surface area contributed by atoms with Gasteiger partial charge in [-0.3, -0.25) is 4.79 Å². The fourth-order valence-electron chi connectivity index (χ4n) is 1.42. The average Bonchev–Trinajstić information content (AvgIpc) is 2.25. The summed E-state index contributed by atoms with van der Waals surface area (Å²) >= 11 is 0. The van der Waals surface area contributed by atoms with Gasteiger partial charge in [-0.15, -0.1) is 0 Å². The van der Waals surface area contributed by atoms with Gasteiger partial charge in [0.2, 0.25) is 5.91 Å². The number of hydrogen-bond donors (Lipinski definition) is 3. The standard InChI is InChI=1S/C12H19N3O3S/c1-12(2,11(14)16)7-15-8-5-4-6-9(10(8)13)19(3,17)18/h4-6,15H,7,13H2,1-3H3,(H2,14,16). The van der Waals surface area contributed by atoms with Crippen LogP contribution in [0.5, 0.6) is 0 Å². The molecule has 5 N–H and O–H groups in total. The van der Waals surface area contributed by atoms with Gasteiger partial charge in [0.1, 0.15) is 0 Å². The molecule has 0 unspecified atom stereocenters. The van der Waals surface area contributed by atoms with Crippen molar-refractivity contribution in [3.63, 3.8) is 0 Å². The van der Waals surface area contributed by atoms with Crippen LogP contribution in [0.3, 0.4) is 0 Å². The molecular formula is C12H19N3O3S. The molecule has 7 heteroatoms. The molecule has 0 heterocycles. The second-order valence-corrected chi connectivity index (χ2v) is 7.08. The highest BCUT2D eigenvalue weighted by atomic mass is 32.2. The summed E-state index contributed by atoms with van der Waals surface area (Å²) in [6.07, 6.45) is 1.09. The largest absolute Gasteiger partial charge is 0.396 e. The smallest absolute Gasteiger partial charge is 0.224 e. The molecule has 0 aromatic heterocycles. The van der Waals surface area contributed by atoms with Crippen LogP contribution in [0.1, 0.15) is 13.8 Å². The molecule has 1 aromatic rings. The number of hydrogen-bond acceptors (Lipinski definition) is 5. The van der Waals surface area contributed by atoms with Gasteiger partial charge in [0.05, 0.1) is 21.7 Å². The minimum absolute atomic E-state index is 0.0642. The molecule has 0 atom stereocenters. The maximum Gasteiger partial charge on any atom is 0.224 e.